The summed E-state index contributed by atoms with van der Waals surface area (Å²) in [4.78, 5) is 14.7. The van der Waals surface area contributed by atoms with Gasteiger partial charge in [0.15, 0.2) is 0 Å². The van der Waals surface area contributed by atoms with Gasteiger partial charge < -0.3 is 19.7 Å². The molecule has 0 spiro atoms. The quantitative estimate of drug-likeness (QED) is 0.924. The second-order valence-electron chi connectivity index (χ2n) is 5.94. The Labute approximate surface area is 131 Å². The molecule has 2 saturated heterocycles. The Balaban J connectivity index is 1.68. The maximum atomic E-state index is 12.8. The van der Waals surface area contributed by atoms with E-state index in [4.69, 9.17) is 9.47 Å². The van der Waals surface area contributed by atoms with E-state index < -0.39 is 0 Å². The number of ether oxygens (including phenoxy) is 2. The fourth-order valence-electron chi connectivity index (χ4n) is 3.21. The highest BCUT2D eigenvalue weighted by Gasteiger charge is 2.31. The van der Waals surface area contributed by atoms with E-state index in [-0.39, 0.29) is 11.9 Å². The van der Waals surface area contributed by atoms with Crippen molar-refractivity contribution in [3.05, 3.63) is 24.3 Å². The fourth-order valence-corrected chi connectivity index (χ4v) is 3.21. The Hall–Kier alpha value is -1.59. The van der Waals surface area contributed by atoms with Crippen LogP contribution in [0.3, 0.4) is 0 Å². The zero-order chi connectivity index (χ0) is 15.4. The van der Waals surface area contributed by atoms with Gasteiger partial charge in [-0.15, -0.1) is 0 Å². The van der Waals surface area contributed by atoms with Crippen molar-refractivity contribution in [2.75, 3.05) is 31.8 Å². The summed E-state index contributed by atoms with van der Waals surface area (Å²) in [6.07, 6.45) is 3.91. The number of benzene rings is 1. The van der Waals surface area contributed by atoms with Crippen LogP contribution >= 0.6 is 0 Å². The van der Waals surface area contributed by atoms with Gasteiger partial charge in [0.25, 0.3) is 0 Å². The first-order valence-corrected chi connectivity index (χ1v) is 8.07. The normalized spacial score (nSPS) is 23.6. The summed E-state index contributed by atoms with van der Waals surface area (Å²) in [7, 11) is 1.65. The Kier molecular flexibility index (Phi) is 4.95. The molecule has 2 heterocycles. The van der Waals surface area contributed by atoms with Gasteiger partial charge >= 0.3 is 0 Å². The first-order chi connectivity index (χ1) is 10.8. The van der Waals surface area contributed by atoms with E-state index in [0.29, 0.717) is 6.04 Å². The number of carbonyl (C=O) groups is 1. The molecule has 0 saturated carbocycles. The van der Waals surface area contributed by atoms with Crippen molar-refractivity contribution in [3.8, 4) is 5.75 Å². The molecule has 0 aromatic heterocycles. The average Bonchev–Trinajstić information content (AvgIpc) is 2.58. The van der Waals surface area contributed by atoms with Crippen LogP contribution in [-0.2, 0) is 9.53 Å². The first kappa shape index (κ1) is 15.3. The topological polar surface area (TPSA) is 50.8 Å². The van der Waals surface area contributed by atoms with Crippen molar-refractivity contribution < 1.29 is 14.3 Å². The monoisotopic (exact) mass is 304 g/mol. The lowest BCUT2D eigenvalue weighted by Gasteiger charge is -2.35. The van der Waals surface area contributed by atoms with Gasteiger partial charge in [-0.05, 0) is 37.8 Å². The molecule has 120 valence electrons. The summed E-state index contributed by atoms with van der Waals surface area (Å²) >= 11 is 0. The lowest BCUT2D eigenvalue weighted by atomic mass is 10.0. The number of nitrogens with zero attached hydrogens (tertiary/aromatic N) is 1. The van der Waals surface area contributed by atoms with E-state index in [1.807, 2.05) is 29.2 Å². The minimum Gasteiger partial charge on any atom is -0.497 e. The van der Waals surface area contributed by atoms with Crippen molar-refractivity contribution in [1.82, 2.24) is 5.32 Å². The molecule has 0 aliphatic carbocycles. The zero-order valence-electron chi connectivity index (χ0n) is 13.1. The number of carbonyl (C=O) groups excluding carboxylic acids is 1. The molecular formula is C17H24N2O3. The summed E-state index contributed by atoms with van der Waals surface area (Å²) in [5.74, 6) is 0.954. The fraction of sp³-hybridized carbons (Fsp3) is 0.588. The predicted octanol–water partition coefficient (Wildman–Crippen LogP) is 1.96. The highest BCUT2D eigenvalue weighted by Crippen LogP contribution is 2.25. The number of amides is 1. The Morgan fingerprint density at radius 3 is 2.86 bits per heavy atom. The summed E-state index contributed by atoms with van der Waals surface area (Å²) in [6.45, 7) is 2.36. The minimum atomic E-state index is -0.0805. The van der Waals surface area contributed by atoms with Gasteiger partial charge in [0.05, 0.1) is 13.2 Å². The predicted molar refractivity (Wildman–Crippen MR) is 85.3 cm³/mol. The highest BCUT2D eigenvalue weighted by atomic mass is 16.5. The molecule has 1 aromatic carbocycles. The summed E-state index contributed by atoms with van der Waals surface area (Å²) in [5, 5.41) is 3.53. The third kappa shape index (κ3) is 3.42. The maximum absolute atomic E-state index is 12.8. The molecule has 1 N–H and O–H groups in total. The van der Waals surface area contributed by atoms with Crippen LogP contribution in [0.25, 0.3) is 0 Å². The summed E-state index contributed by atoms with van der Waals surface area (Å²) in [5.41, 5.74) is 0.919. The van der Waals surface area contributed by atoms with E-state index >= 15 is 0 Å². The molecular weight excluding hydrogens is 280 g/mol. The zero-order valence-corrected chi connectivity index (χ0v) is 13.1. The number of anilines is 1. The molecule has 2 fully saturated rings. The summed E-state index contributed by atoms with van der Waals surface area (Å²) in [6, 6.07) is 8.04. The third-order valence-corrected chi connectivity index (χ3v) is 4.46. The molecule has 0 bridgehead atoms. The van der Waals surface area contributed by atoms with Crippen LogP contribution in [0.4, 0.5) is 5.69 Å². The minimum absolute atomic E-state index is 0.0805. The Morgan fingerprint density at radius 1 is 1.27 bits per heavy atom. The second kappa shape index (κ2) is 7.11. The van der Waals surface area contributed by atoms with E-state index in [1.165, 1.54) is 0 Å². The number of rotatable bonds is 4. The maximum Gasteiger partial charge on any atom is 0.244 e. The van der Waals surface area contributed by atoms with Crippen molar-refractivity contribution in [2.24, 2.45) is 0 Å². The van der Waals surface area contributed by atoms with Gasteiger partial charge in [0.1, 0.15) is 5.75 Å². The molecule has 2 aliphatic heterocycles. The standard InChI is InChI=1S/C17H24N2O3/c1-21-15-5-2-4-14(12-15)19-9-3-6-16(17(19)20)18-13-7-10-22-11-8-13/h2,4-5,12-13,16,18H,3,6-11H2,1H3/t16-/m0/s1. The average molecular weight is 304 g/mol. The van der Waals surface area contributed by atoms with Crippen LogP contribution in [0.5, 0.6) is 5.75 Å². The van der Waals surface area contributed by atoms with Crippen LogP contribution in [0.1, 0.15) is 25.7 Å². The van der Waals surface area contributed by atoms with Crippen molar-refractivity contribution in [1.29, 1.82) is 0 Å². The smallest absolute Gasteiger partial charge is 0.244 e. The van der Waals surface area contributed by atoms with E-state index in [2.05, 4.69) is 5.32 Å². The molecule has 1 aromatic rings. The number of hydrogen-bond donors (Lipinski definition) is 1. The van der Waals surface area contributed by atoms with Gasteiger partial charge in [0.2, 0.25) is 5.91 Å². The molecule has 5 nitrogen and oxygen atoms in total. The number of hydrogen-bond acceptors (Lipinski definition) is 4. The van der Waals surface area contributed by atoms with E-state index in [9.17, 15) is 4.79 Å². The largest absolute Gasteiger partial charge is 0.497 e. The molecule has 5 heteroatoms. The van der Waals surface area contributed by atoms with Crippen molar-refractivity contribution >= 4 is 11.6 Å². The molecule has 0 unspecified atom stereocenters. The molecule has 2 aliphatic rings. The van der Waals surface area contributed by atoms with Gasteiger partial charge in [-0.25, -0.2) is 0 Å². The Bertz CT molecular complexity index is 514. The Morgan fingerprint density at radius 2 is 2.09 bits per heavy atom. The highest BCUT2D eigenvalue weighted by molar-refractivity contribution is 5.98. The van der Waals surface area contributed by atoms with Crippen LogP contribution in [0, 0.1) is 0 Å². The van der Waals surface area contributed by atoms with Crippen LogP contribution < -0.4 is 15.0 Å². The van der Waals surface area contributed by atoms with Crippen molar-refractivity contribution in [2.45, 2.75) is 37.8 Å². The van der Waals surface area contributed by atoms with E-state index in [1.54, 1.807) is 7.11 Å². The number of nitrogens with one attached hydrogen (secondary N) is 1. The molecule has 22 heavy (non-hydrogen) atoms. The lowest BCUT2D eigenvalue weighted by molar-refractivity contribution is -0.122. The van der Waals surface area contributed by atoms with Gasteiger partial charge in [0, 0.05) is 37.6 Å². The van der Waals surface area contributed by atoms with Crippen LogP contribution in [0.15, 0.2) is 24.3 Å². The molecule has 1 atom stereocenters. The van der Waals surface area contributed by atoms with E-state index in [0.717, 1.165) is 56.9 Å². The molecule has 1 amide bonds. The first-order valence-electron chi connectivity index (χ1n) is 8.07. The van der Waals surface area contributed by atoms with Crippen LogP contribution in [0.2, 0.25) is 0 Å². The van der Waals surface area contributed by atoms with Crippen LogP contribution in [-0.4, -0.2) is 44.9 Å². The lowest BCUT2D eigenvalue weighted by Crippen LogP contribution is -2.54. The molecule has 0 radical (unpaired) electrons. The number of methoxy groups -OCH3 is 1. The van der Waals surface area contributed by atoms with Gasteiger partial charge in [-0.3, -0.25) is 4.79 Å². The molecule has 3 rings (SSSR count). The SMILES string of the molecule is COc1cccc(N2CCC[C@H](NC3CCOCC3)C2=O)c1. The van der Waals surface area contributed by atoms with Crippen molar-refractivity contribution in [3.63, 3.8) is 0 Å². The third-order valence-electron chi connectivity index (χ3n) is 4.46. The van der Waals surface area contributed by atoms with Gasteiger partial charge in [-0.2, -0.15) is 0 Å². The van der Waals surface area contributed by atoms with Gasteiger partial charge in [-0.1, -0.05) is 6.07 Å². The summed E-state index contributed by atoms with van der Waals surface area (Å²) < 4.78 is 10.6. The number of piperidine rings is 1. The second-order valence-corrected chi connectivity index (χ2v) is 5.94.